The van der Waals surface area contributed by atoms with Crippen molar-refractivity contribution in [3.8, 4) is 0 Å². The summed E-state index contributed by atoms with van der Waals surface area (Å²) in [5.41, 5.74) is 4.73. The first-order chi connectivity index (χ1) is 11.0. The molecule has 1 saturated heterocycles. The SMILES string of the molecule is Cc1ccc([C@@H]2CCN(C(=S)Nc3cccc(Cl)c3C)C2)cc1. The molecule has 0 aromatic heterocycles. The van der Waals surface area contributed by atoms with E-state index in [-0.39, 0.29) is 0 Å². The molecule has 2 aromatic rings. The van der Waals surface area contributed by atoms with Crippen molar-refractivity contribution < 1.29 is 0 Å². The van der Waals surface area contributed by atoms with Crippen molar-refractivity contribution in [2.24, 2.45) is 0 Å². The predicted molar refractivity (Wildman–Crippen MR) is 103 cm³/mol. The lowest BCUT2D eigenvalue weighted by Crippen LogP contribution is -2.32. The molecule has 1 aliphatic rings. The van der Waals surface area contributed by atoms with Crippen LogP contribution in [0, 0.1) is 13.8 Å². The molecule has 2 nitrogen and oxygen atoms in total. The van der Waals surface area contributed by atoms with E-state index in [0.29, 0.717) is 5.92 Å². The minimum absolute atomic E-state index is 0.552. The van der Waals surface area contributed by atoms with E-state index in [2.05, 4.69) is 41.4 Å². The topological polar surface area (TPSA) is 15.3 Å². The normalized spacial score (nSPS) is 17.3. The van der Waals surface area contributed by atoms with Gasteiger partial charge in [0.15, 0.2) is 5.11 Å². The molecule has 0 saturated carbocycles. The maximum atomic E-state index is 6.18. The predicted octanol–water partition coefficient (Wildman–Crippen LogP) is 5.14. The molecule has 3 rings (SSSR count). The zero-order chi connectivity index (χ0) is 16.4. The quantitative estimate of drug-likeness (QED) is 0.759. The molecule has 1 heterocycles. The molecule has 120 valence electrons. The minimum atomic E-state index is 0.552. The van der Waals surface area contributed by atoms with Crippen LogP contribution in [-0.4, -0.2) is 23.1 Å². The summed E-state index contributed by atoms with van der Waals surface area (Å²) in [7, 11) is 0. The highest BCUT2D eigenvalue weighted by molar-refractivity contribution is 7.80. The van der Waals surface area contributed by atoms with Crippen molar-refractivity contribution >= 4 is 34.6 Å². The number of aryl methyl sites for hydroxylation is 1. The molecular weight excluding hydrogens is 324 g/mol. The van der Waals surface area contributed by atoms with Gasteiger partial charge in [0.2, 0.25) is 0 Å². The van der Waals surface area contributed by atoms with Gasteiger partial charge in [0.1, 0.15) is 0 Å². The lowest BCUT2D eigenvalue weighted by molar-refractivity contribution is 0.518. The monoisotopic (exact) mass is 344 g/mol. The largest absolute Gasteiger partial charge is 0.348 e. The second-order valence-corrected chi connectivity index (χ2v) is 6.98. The Bertz CT molecular complexity index is 712. The number of hydrogen-bond donors (Lipinski definition) is 1. The second kappa shape index (κ2) is 6.90. The van der Waals surface area contributed by atoms with Crippen LogP contribution in [0.4, 0.5) is 5.69 Å². The molecule has 2 aromatic carbocycles. The third-order valence-corrected chi connectivity index (χ3v) is 5.30. The Morgan fingerprint density at radius 1 is 1.17 bits per heavy atom. The van der Waals surface area contributed by atoms with Crippen molar-refractivity contribution in [2.75, 3.05) is 18.4 Å². The van der Waals surface area contributed by atoms with Gasteiger partial charge in [-0.2, -0.15) is 0 Å². The van der Waals surface area contributed by atoms with Crippen LogP contribution >= 0.6 is 23.8 Å². The number of thiocarbonyl (C=S) groups is 1. The average molecular weight is 345 g/mol. The molecule has 1 fully saturated rings. The summed E-state index contributed by atoms with van der Waals surface area (Å²) in [5.74, 6) is 0.552. The lowest BCUT2D eigenvalue weighted by atomic mass is 9.98. The Balaban J connectivity index is 1.65. The number of hydrogen-bond acceptors (Lipinski definition) is 1. The molecule has 1 N–H and O–H groups in total. The first-order valence-corrected chi connectivity index (χ1v) is 8.71. The number of anilines is 1. The molecule has 23 heavy (non-hydrogen) atoms. The maximum Gasteiger partial charge on any atom is 0.173 e. The average Bonchev–Trinajstić information content (AvgIpc) is 3.02. The van der Waals surface area contributed by atoms with E-state index in [1.54, 1.807) is 0 Å². The van der Waals surface area contributed by atoms with E-state index in [1.807, 2.05) is 25.1 Å². The highest BCUT2D eigenvalue weighted by atomic mass is 35.5. The van der Waals surface area contributed by atoms with Gasteiger partial charge in [0.25, 0.3) is 0 Å². The molecule has 0 amide bonds. The van der Waals surface area contributed by atoms with Gasteiger partial charge in [-0.25, -0.2) is 0 Å². The van der Waals surface area contributed by atoms with Gasteiger partial charge in [-0.15, -0.1) is 0 Å². The van der Waals surface area contributed by atoms with Gasteiger partial charge in [-0.3, -0.25) is 0 Å². The Kier molecular flexibility index (Phi) is 4.88. The fraction of sp³-hybridized carbons (Fsp3) is 0.316. The summed E-state index contributed by atoms with van der Waals surface area (Å²) in [4.78, 5) is 2.25. The van der Waals surface area contributed by atoms with E-state index in [9.17, 15) is 0 Å². The third kappa shape index (κ3) is 3.67. The van der Waals surface area contributed by atoms with Crippen LogP contribution in [0.15, 0.2) is 42.5 Å². The van der Waals surface area contributed by atoms with E-state index in [1.165, 1.54) is 11.1 Å². The Hall–Kier alpha value is -1.58. The summed E-state index contributed by atoms with van der Waals surface area (Å²) < 4.78 is 0. The second-order valence-electron chi connectivity index (χ2n) is 6.18. The molecule has 1 atom stereocenters. The van der Waals surface area contributed by atoms with Gasteiger partial charge in [0.05, 0.1) is 0 Å². The molecule has 0 radical (unpaired) electrons. The summed E-state index contributed by atoms with van der Waals surface area (Å²) >= 11 is 11.8. The van der Waals surface area contributed by atoms with Crippen LogP contribution in [0.1, 0.15) is 29.0 Å². The highest BCUT2D eigenvalue weighted by Gasteiger charge is 2.25. The smallest absolute Gasteiger partial charge is 0.173 e. The fourth-order valence-corrected chi connectivity index (χ4v) is 3.44. The van der Waals surface area contributed by atoms with Gasteiger partial charge in [-0.05, 0) is 55.7 Å². The van der Waals surface area contributed by atoms with E-state index in [0.717, 1.165) is 40.9 Å². The molecular formula is C19H21ClN2S. The minimum Gasteiger partial charge on any atom is -0.348 e. The van der Waals surface area contributed by atoms with Gasteiger partial charge in [-0.1, -0.05) is 47.5 Å². The van der Waals surface area contributed by atoms with Crippen LogP contribution in [0.3, 0.4) is 0 Å². The lowest BCUT2D eigenvalue weighted by Gasteiger charge is -2.22. The summed E-state index contributed by atoms with van der Waals surface area (Å²) in [6, 6.07) is 14.7. The highest BCUT2D eigenvalue weighted by Crippen LogP contribution is 2.29. The van der Waals surface area contributed by atoms with Crippen molar-refractivity contribution in [2.45, 2.75) is 26.2 Å². The summed E-state index contributed by atoms with van der Waals surface area (Å²) in [5, 5.41) is 4.89. The Labute approximate surface area is 148 Å². The number of halogens is 1. The van der Waals surface area contributed by atoms with Crippen LogP contribution < -0.4 is 5.32 Å². The van der Waals surface area contributed by atoms with Crippen LogP contribution in [0.5, 0.6) is 0 Å². The number of nitrogens with zero attached hydrogens (tertiary/aromatic N) is 1. The first kappa shape index (κ1) is 16.3. The zero-order valence-electron chi connectivity index (χ0n) is 13.5. The van der Waals surface area contributed by atoms with Crippen LogP contribution in [0.25, 0.3) is 0 Å². The Morgan fingerprint density at radius 2 is 1.91 bits per heavy atom. The zero-order valence-corrected chi connectivity index (χ0v) is 15.0. The summed E-state index contributed by atoms with van der Waals surface area (Å²) in [6.07, 6.45) is 1.14. The molecule has 0 spiro atoms. The standard InChI is InChI=1S/C19H21ClN2S/c1-13-6-8-15(9-7-13)16-10-11-22(12-16)19(23)21-18-5-3-4-17(20)14(18)2/h3-9,16H,10-12H2,1-2H3,(H,21,23)/t16-/m1/s1. The van der Waals surface area contributed by atoms with Crippen molar-refractivity contribution in [3.63, 3.8) is 0 Å². The van der Waals surface area contributed by atoms with Crippen LogP contribution in [0.2, 0.25) is 5.02 Å². The first-order valence-electron chi connectivity index (χ1n) is 7.92. The van der Waals surface area contributed by atoms with E-state index < -0.39 is 0 Å². The molecule has 4 heteroatoms. The fourth-order valence-electron chi connectivity index (χ4n) is 2.99. The van der Waals surface area contributed by atoms with Gasteiger partial charge >= 0.3 is 0 Å². The third-order valence-electron chi connectivity index (χ3n) is 4.53. The number of rotatable bonds is 2. The van der Waals surface area contributed by atoms with Crippen LogP contribution in [-0.2, 0) is 0 Å². The van der Waals surface area contributed by atoms with Crippen molar-refractivity contribution in [1.29, 1.82) is 0 Å². The molecule has 1 aliphatic heterocycles. The number of likely N-dealkylation sites (tertiary alicyclic amines) is 1. The van der Waals surface area contributed by atoms with Crippen molar-refractivity contribution in [3.05, 3.63) is 64.2 Å². The number of nitrogens with one attached hydrogen (secondary N) is 1. The molecule has 0 aliphatic carbocycles. The Morgan fingerprint density at radius 3 is 2.65 bits per heavy atom. The van der Waals surface area contributed by atoms with Gasteiger partial charge in [0, 0.05) is 29.7 Å². The molecule has 0 bridgehead atoms. The summed E-state index contributed by atoms with van der Waals surface area (Å²) in [6.45, 7) is 6.09. The van der Waals surface area contributed by atoms with Gasteiger partial charge < -0.3 is 10.2 Å². The number of benzene rings is 2. The van der Waals surface area contributed by atoms with E-state index in [4.69, 9.17) is 23.8 Å². The maximum absolute atomic E-state index is 6.18. The molecule has 0 unspecified atom stereocenters. The van der Waals surface area contributed by atoms with Crippen molar-refractivity contribution in [1.82, 2.24) is 4.90 Å². The van der Waals surface area contributed by atoms with E-state index >= 15 is 0 Å².